The molecule has 2 unspecified atom stereocenters. The van der Waals surface area contributed by atoms with Crippen molar-refractivity contribution in [3.63, 3.8) is 0 Å². The molecular weight excluding hydrogens is 236 g/mol. The largest absolute Gasteiger partial charge is 0.369 e. The Morgan fingerprint density at radius 3 is 2.84 bits per heavy atom. The van der Waals surface area contributed by atoms with E-state index in [4.69, 9.17) is 4.99 Å². The summed E-state index contributed by atoms with van der Waals surface area (Å²) >= 11 is 0. The summed E-state index contributed by atoms with van der Waals surface area (Å²) in [6, 6.07) is 0. The molecule has 2 heterocycles. The van der Waals surface area contributed by atoms with E-state index in [1.54, 1.807) is 6.08 Å². The number of nitrogens with zero attached hydrogens (tertiary/aromatic N) is 2. The molecule has 0 amide bonds. The van der Waals surface area contributed by atoms with Gasteiger partial charge in [-0.15, -0.1) is 0 Å². The van der Waals surface area contributed by atoms with Gasteiger partial charge in [0.15, 0.2) is 6.23 Å². The zero-order valence-electron chi connectivity index (χ0n) is 11.2. The lowest BCUT2D eigenvalue weighted by molar-refractivity contribution is 0.100. The van der Waals surface area contributed by atoms with E-state index in [0.29, 0.717) is 5.92 Å². The first kappa shape index (κ1) is 12.2. The highest BCUT2D eigenvalue weighted by Gasteiger charge is 2.23. The molecule has 0 aromatic rings. The van der Waals surface area contributed by atoms with Crippen LogP contribution in [0.3, 0.4) is 0 Å². The summed E-state index contributed by atoms with van der Waals surface area (Å²) in [7, 11) is 0. The van der Waals surface area contributed by atoms with E-state index in [9.17, 15) is 5.11 Å². The van der Waals surface area contributed by atoms with Crippen LogP contribution in [0.2, 0.25) is 0 Å². The van der Waals surface area contributed by atoms with Crippen LogP contribution in [0.25, 0.3) is 0 Å². The van der Waals surface area contributed by atoms with E-state index in [1.807, 2.05) is 24.1 Å². The van der Waals surface area contributed by atoms with Gasteiger partial charge in [-0.25, -0.2) is 4.99 Å². The minimum absolute atomic E-state index is 0.384. The maximum Gasteiger partial charge on any atom is 0.151 e. The van der Waals surface area contributed by atoms with Crippen LogP contribution < -0.4 is 0 Å². The molecule has 1 N–H and O–H groups in total. The lowest BCUT2D eigenvalue weighted by Gasteiger charge is -2.31. The quantitative estimate of drug-likeness (QED) is 0.781. The van der Waals surface area contributed by atoms with Crippen molar-refractivity contribution in [2.45, 2.75) is 26.5 Å². The van der Waals surface area contributed by atoms with Crippen molar-refractivity contribution in [2.75, 3.05) is 0 Å². The van der Waals surface area contributed by atoms with Gasteiger partial charge in [-0.2, -0.15) is 0 Å². The Hall–Kier alpha value is -1.87. The molecule has 0 fully saturated rings. The molecule has 0 saturated heterocycles. The van der Waals surface area contributed by atoms with Crippen molar-refractivity contribution in [3.8, 4) is 0 Å². The second-order valence-electron chi connectivity index (χ2n) is 5.24. The van der Waals surface area contributed by atoms with E-state index in [-0.39, 0.29) is 0 Å². The van der Waals surface area contributed by atoms with Crippen molar-refractivity contribution in [1.82, 2.24) is 4.90 Å². The van der Waals surface area contributed by atoms with Crippen LogP contribution in [0.5, 0.6) is 0 Å². The van der Waals surface area contributed by atoms with E-state index in [0.717, 1.165) is 23.5 Å². The summed E-state index contributed by atoms with van der Waals surface area (Å²) in [4.78, 5) is 6.52. The molecule has 98 valence electrons. The molecule has 3 aliphatic rings. The molecule has 0 aromatic heterocycles. The predicted molar refractivity (Wildman–Crippen MR) is 77.3 cm³/mol. The maximum absolute atomic E-state index is 10.0. The second kappa shape index (κ2) is 4.67. The lowest BCUT2D eigenvalue weighted by Crippen LogP contribution is -2.32. The minimum atomic E-state index is -0.625. The van der Waals surface area contributed by atoms with Crippen molar-refractivity contribution in [1.29, 1.82) is 0 Å². The van der Waals surface area contributed by atoms with E-state index in [1.165, 1.54) is 5.57 Å². The Labute approximate surface area is 113 Å². The van der Waals surface area contributed by atoms with Crippen molar-refractivity contribution in [2.24, 2.45) is 10.9 Å². The van der Waals surface area contributed by atoms with Crippen LogP contribution in [-0.2, 0) is 0 Å². The molecule has 2 atom stereocenters. The van der Waals surface area contributed by atoms with Crippen LogP contribution in [0.4, 0.5) is 0 Å². The summed E-state index contributed by atoms with van der Waals surface area (Å²) in [5.74, 6) is 1.22. The fourth-order valence-electron chi connectivity index (χ4n) is 2.51. The summed E-state index contributed by atoms with van der Waals surface area (Å²) < 4.78 is 0. The van der Waals surface area contributed by atoms with Crippen molar-refractivity contribution in [3.05, 3.63) is 59.6 Å². The van der Waals surface area contributed by atoms with E-state index >= 15 is 0 Å². The molecule has 2 aliphatic heterocycles. The van der Waals surface area contributed by atoms with Crippen LogP contribution in [0.15, 0.2) is 64.6 Å². The molecule has 0 aromatic carbocycles. The molecule has 3 nitrogen and oxygen atoms in total. The first-order valence-electron chi connectivity index (χ1n) is 6.62. The summed E-state index contributed by atoms with van der Waals surface area (Å²) in [6.45, 7) is 4.10. The highest BCUT2D eigenvalue weighted by molar-refractivity contribution is 6.01. The molecule has 0 saturated carbocycles. The summed E-state index contributed by atoms with van der Waals surface area (Å²) in [5.41, 5.74) is 3.43. The third-order valence-electron chi connectivity index (χ3n) is 3.57. The Morgan fingerprint density at radius 1 is 1.21 bits per heavy atom. The Kier molecular flexibility index (Phi) is 2.99. The molecule has 3 rings (SSSR count). The van der Waals surface area contributed by atoms with Crippen LogP contribution >= 0.6 is 0 Å². The molecule has 3 heteroatoms. The minimum Gasteiger partial charge on any atom is -0.369 e. The van der Waals surface area contributed by atoms with Gasteiger partial charge in [0.05, 0.1) is 5.71 Å². The van der Waals surface area contributed by atoms with Gasteiger partial charge >= 0.3 is 0 Å². The highest BCUT2D eigenvalue weighted by Crippen LogP contribution is 2.28. The number of aliphatic imine (C=N–C) groups is 1. The highest BCUT2D eigenvalue weighted by atomic mass is 16.3. The van der Waals surface area contributed by atoms with Gasteiger partial charge in [-0.3, -0.25) is 0 Å². The van der Waals surface area contributed by atoms with E-state index < -0.39 is 6.23 Å². The SMILES string of the molecule is CC1=CC2=NC(N3C=C(C)C=CC3O)=CCC2C=C1. The molecule has 0 spiro atoms. The lowest BCUT2D eigenvalue weighted by atomic mass is 9.90. The van der Waals surface area contributed by atoms with Gasteiger partial charge in [0.25, 0.3) is 0 Å². The number of hydrogen-bond acceptors (Lipinski definition) is 3. The first-order chi connectivity index (χ1) is 9.13. The van der Waals surface area contributed by atoms with Gasteiger partial charge in [0.2, 0.25) is 0 Å². The standard InChI is InChI=1S/C16H18N2O/c1-11-3-5-13-6-7-15(17-14(13)9-11)18-10-12(2)4-8-16(18)19/h3-5,7-10,13,16,19H,6H2,1-2H3. The van der Waals surface area contributed by atoms with Crippen molar-refractivity contribution < 1.29 is 5.11 Å². The zero-order chi connectivity index (χ0) is 13.4. The second-order valence-corrected chi connectivity index (χ2v) is 5.24. The number of aliphatic hydroxyl groups excluding tert-OH is 1. The first-order valence-corrected chi connectivity index (χ1v) is 6.62. The molecular formula is C16H18N2O. The number of aliphatic hydroxyl groups is 1. The predicted octanol–water partition coefficient (Wildman–Crippen LogP) is 2.90. The van der Waals surface area contributed by atoms with Crippen LogP contribution in [0.1, 0.15) is 20.3 Å². The van der Waals surface area contributed by atoms with Gasteiger partial charge in [-0.1, -0.05) is 18.2 Å². The molecule has 0 bridgehead atoms. The molecule has 0 radical (unpaired) electrons. The monoisotopic (exact) mass is 254 g/mol. The van der Waals surface area contributed by atoms with Gasteiger partial charge in [0, 0.05) is 12.1 Å². The third kappa shape index (κ3) is 2.34. The number of fused-ring (bicyclic) bond motifs is 1. The summed E-state index contributed by atoms with van der Waals surface area (Å²) in [5, 5.41) is 10.0. The molecule has 19 heavy (non-hydrogen) atoms. The number of allylic oxidation sites excluding steroid dienone is 7. The van der Waals surface area contributed by atoms with Gasteiger partial charge < -0.3 is 10.0 Å². The van der Waals surface area contributed by atoms with Crippen molar-refractivity contribution >= 4 is 5.71 Å². The zero-order valence-corrected chi connectivity index (χ0v) is 11.2. The fourth-order valence-corrected chi connectivity index (χ4v) is 2.51. The Balaban J connectivity index is 1.90. The van der Waals surface area contributed by atoms with Crippen LogP contribution in [-0.4, -0.2) is 21.9 Å². The smallest absolute Gasteiger partial charge is 0.151 e. The Bertz CT molecular complexity index is 576. The Morgan fingerprint density at radius 2 is 2.00 bits per heavy atom. The van der Waals surface area contributed by atoms with Crippen LogP contribution in [0, 0.1) is 5.92 Å². The topological polar surface area (TPSA) is 35.8 Å². The summed E-state index contributed by atoms with van der Waals surface area (Å²) in [6.07, 6.45) is 14.5. The van der Waals surface area contributed by atoms with Gasteiger partial charge in [-0.05, 0) is 49.6 Å². The van der Waals surface area contributed by atoms with E-state index in [2.05, 4.69) is 31.2 Å². The number of rotatable bonds is 1. The number of hydrogen-bond donors (Lipinski definition) is 1. The average molecular weight is 254 g/mol. The average Bonchev–Trinajstić information content (AvgIpc) is 2.40. The molecule has 1 aliphatic carbocycles. The normalized spacial score (nSPS) is 29.3. The maximum atomic E-state index is 10.0. The third-order valence-corrected chi connectivity index (χ3v) is 3.57. The van der Waals surface area contributed by atoms with Gasteiger partial charge in [0.1, 0.15) is 5.82 Å². The fraction of sp³-hybridized carbons (Fsp3) is 0.312.